The number of fused-ring (bicyclic) bond motifs is 6. The van der Waals surface area contributed by atoms with Crippen LogP contribution >= 0.6 is 11.3 Å². The van der Waals surface area contributed by atoms with Crippen molar-refractivity contribution in [1.82, 2.24) is 19.5 Å². The van der Waals surface area contributed by atoms with E-state index in [4.69, 9.17) is 15.0 Å². The SMILES string of the molecule is FC(F)(F)c1ccc2c(c1)c1cc(C(F)(F)F)ccc1n2-c1ccc(-c2ccc3c(c2)sc2ccccc23)cc1-c1nc(-c2ccccc2)nc(-c2ccccc2)n1. The first kappa shape index (κ1) is 35.6. The zero-order chi connectivity index (χ0) is 39.8. The van der Waals surface area contributed by atoms with Gasteiger partial charge in [0.1, 0.15) is 0 Å². The van der Waals surface area contributed by atoms with Crippen molar-refractivity contribution in [3.63, 3.8) is 0 Å². The fourth-order valence-electron chi connectivity index (χ4n) is 7.56. The molecule has 0 N–H and O–H groups in total. The molecule has 0 aliphatic rings. The van der Waals surface area contributed by atoms with Gasteiger partial charge in [0.15, 0.2) is 17.5 Å². The lowest BCUT2D eigenvalue weighted by Crippen LogP contribution is -2.05. The summed E-state index contributed by atoms with van der Waals surface area (Å²) in [5.74, 6) is 1.04. The van der Waals surface area contributed by atoms with Crippen LogP contribution in [0.2, 0.25) is 0 Å². The van der Waals surface area contributed by atoms with Crippen molar-refractivity contribution in [1.29, 1.82) is 0 Å². The Balaban J connectivity index is 1.28. The molecule has 0 atom stereocenters. The summed E-state index contributed by atoms with van der Waals surface area (Å²) >= 11 is 1.68. The van der Waals surface area contributed by atoms with E-state index in [9.17, 15) is 26.3 Å². The molecule has 0 spiro atoms. The van der Waals surface area contributed by atoms with Crippen molar-refractivity contribution < 1.29 is 26.3 Å². The zero-order valence-corrected chi connectivity index (χ0v) is 30.8. The molecule has 10 aromatic rings. The van der Waals surface area contributed by atoms with E-state index in [1.165, 1.54) is 12.1 Å². The third kappa shape index (κ3) is 6.15. The number of thiophene rings is 1. The number of nitrogens with zero attached hydrogens (tertiary/aromatic N) is 4. The van der Waals surface area contributed by atoms with Gasteiger partial charge in [0, 0.05) is 47.6 Å². The Bertz CT molecular complexity index is 3080. The first-order valence-corrected chi connectivity index (χ1v) is 19.0. The molecule has 0 unspecified atom stereocenters. The lowest BCUT2D eigenvalue weighted by molar-refractivity contribution is -0.138. The van der Waals surface area contributed by atoms with Gasteiger partial charge in [0.2, 0.25) is 0 Å². The third-order valence-corrected chi connectivity index (χ3v) is 11.4. The molecular formula is C47H26F6N4S. The lowest BCUT2D eigenvalue weighted by Gasteiger charge is -2.17. The van der Waals surface area contributed by atoms with Crippen molar-refractivity contribution in [2.45, 2.75) is 12.4 Å². The van der Waals surface area contributed by atoms with Gasteiger partial charge in [-0.25, -0.2) is 15.0 Å². The molecule has 3 aromatic heterocycles. The number of hydrogen-bond acceptors (Lipinski definition) is 4. The van der Waals surface area contributed by atoms with Crippen LogP contribution in [0, 0.1) is 0 Å². The Morgan fingerprint density at radius 2 is 0.897 bits per heavy atom. The van der Waals surface area contributed by atoms with Gasteiger partial charge in [-0.05, 0) is 71.8 Å². The molecule has 0 amide bonds. The standard InChI is InChI=1S/C47H26F6N4S/c48-46(49,50)31-17-21-38-35(25-31)36-26-32(47(51,52)53)18-22-39(36)57(38)40-20-16-29(30-15-19-34-33-13-7-8-14-41(33)58-42(34)24-30)23-37(40)45-55-43(27-9-3-1-4-10-27)54-44(56-45)28-11-5-2-6-12-28/h1-26H. The lowest BCUT2D eigenvalue weighted by atomic mass is 9.99. The topological polar surface area (TPSA) is 43.6 Å². The molecule has 0 saturated carbocycles. The van der Waals surface area contributed by atoms with E-state index in [0.29, 0.717) is 22.9 Å². The largest absolute Gasteiger partial charge is 0.416 e. The minimum absolute atomic E-state index is 0.0201. The smallest absolute Gasteiger partial charge is 0.309 e. The van der Waals surface area contributed by atoms with E-state index < -0.39 is 23.5 Å². The van der Waals surface area contributed by atoms with Gasteiger partial charge in [-0.2, -0.15) is 26.3 Å². The molecule has 11 heteroatoms. The van der Waals surface area contributed by atoms with Crippen LogP contribution < -0.4 is 0 Å². The van der Waals surface area contributed by atoms with Crippen molar-refractivity contribution in [3.05, 3.63) is 169 Å². The molecule has 3 heterocycles. The minimum Gasteiger partial charge on any atom is -0.309 e. The number of hydrogen-bond donors (Lipinski definition) is 0. The van der Waals surface area contributed by atoms with Crippen molar-refractivity contribution >= 4 is 53.3 Å². The Morgan fingerprint density at radius 3 is 1.48 bits per heavy atom. The molecule has 0 aliphatic carbocycles. The Hall–Kier alpha value is -6.85. The fraction of sp³-hybridized carbons (Fsp3) is 0.0426. The molecule has 4 nitrogen and oxygen atoms in total. The van der Waals surface area contributed by atoms with E-state index in [2.05, 4.69) is 24.3 Å². The second-order valence-electron chi connectivity index (χ2n) is 13.9. The molecular weight excluding hydrogens is 767 g/mol. The predicted molar refractivity (Wildman–Crippen MR) is 219 cm³/mol. The minimum atomic E-state index is -4.72. The van der Waals surface area contributed by atoms with Crippen LogP contribution in [0.3, 0.4) is 0 Å². The van der Waals surface area contributed by atoms with Gasteiger partial charge in [-0.15, -0.1) is 11.3 Å². The first-order valence-electron chi connectivity index (χ1n) is 18.2. The summed E-state index contributed by atoms with van der Waals surface area (Å²) in [5.41, 5.74) is 2.73. The number of aromatic nitrogens is 4. The normalized spacial score (nSPS) is 12.3. The molecule has 0 bridgehead atoms. The molecule has 0 radical (unpaired) electrons. The van der Waals surface area contributed by atoms with E-state index in [1.807, 2.05) is 97.1 Å². The Morgan fingerprint density at radius 1 is 0.397 bits per heavy atom. The number of alkyl halides is 6. The van der Waals surface area contributed by atoms with Gasteiger partial charge in [-0.3, -0.25) is 0 Å². The van der Waals surface area contributed by atoms with Crippen molar-refractivity contribution in [3.8, 4) is 51.0 Å². The quantitative estimate of drug-likeness (QED) is 0.163. The number of halogens is 6. The van der Waals surface area contributed by atoms with Crippen molar-refractivity contribution in [2.75, 3.05) is 0 Å². The first-order chi connectivity index (χ1) is 28.0. The van der Waals surface area contributed by atoms with Crippen LogP contribution in [0.15, 0.2) is 158 Å². The van der Waals surface area contributed by atoms with Gasteiger partial charge >= 0.3 is 12.4 Å². The van der Waals surface area contributed by atoms with Crippen LogP contribution in [-0.4, -0.2) is 19.5 Å². The molecule has 0 saturated heterocycles. The van der Waals surface area contributed by atoms with Gasteiger partial charge in [0.05, 0.1) is 27.8 Å². The zero-order valence-electron chi connectivity index (χ0n) is 30.0. The maximum absolute atomic E-state index is 14.1. The molecule has 0 fully saturated rings. The van der Waals surface area contributed by atoms with Crippen LogP contribution in [0.25, 0.3) is 93.0 Å². The average Bonchev–Trinajstić information content (AvgIpc) is 3.78. The summed E-state index contributed by atoms with van der Waals surface area (Å²) in [6.45, 7) is 0. The molecule has 282 valence electrons. The molecule has 58 heavy (non-hydrogen) atoms. The van der Waals surface area contributed by atoms with Crippen LogP contribution in [-0.2, 0) is 12.4 Å². The fourth-order valence-corrected chi connectivity index (χ4v) is 8.71. The Kier molecular flexibility index (Phi) is 8.20. The summed E-state index contributed by atoms with van der Waals surface area (Å²) in [7, 11) is 0. The molecule has 0 aliphatic heterocycles. The average molecular weight is 793 g/mol. The maximum Gasteiger partial charge on any atom is 0.416 e. The second kappa shape index (κ2) is 13.4. The summed E-state index contributed by atoms with van der Waals surface area (Å²) in [4.78, 5) is 14.9. The summed E-state index contributed by atoms with van der Waals surface area (Å²) in [6, 6.07) is 45.2. The van der Waals surface area contributed by atoms with Gasteiger partial charge < -0.3 is 4.57 Å². The highest BCUT2D eigenvalue weighted by Gasteiger charge is 2.34. The number of benzene rings is 7. The van der Waals surface area contributed by atoms with E-state index in [1.54, 1.807) is 15.9 Å². The van der Waals surface area contributed by atoms with Gasteiger partial charge in [-0.1, -0.05) is 97.1 Å². The molecule has 7 aromatic carbocycles. The van der Waals surface area contributed by atoms with Crippen LogP contribution in [0.5, 0.6) is 0 Å². The van der Waals surface area contributed by atoms with Crippen molar-refractivity contribution in [2.24, 2.45) is 0 Å². The van der Waals surface area contributed by atoms with Crippen LogP contribution in [0.1, 0.15) is 11.1 Å². The maximum atomic E-state index is 14.1. The molecule has 10 rings (SSSR count). The highest BCUT2D eigenvalue weighted by atomic mass is 32.1. The second-order valence-corrected chi connectivity index (χ2v) is 15.0. The summed E-state index contributed by atoms with van der Waals surface area (Å²) in [6.07, 6.45) is -9.45. The highest BCUT2D eigenvalue weighted by Crippen LogP contribution is 2.43. The Labute approximate surface area is 330 Å². The summed E-state index contributed by atoms with van der Waals surface area (Å²) < 4.78 is 88.6. The van der Waals surface area contributed by atoms with E-state index >= 15 is 0 Å². The van der Waals surface area contributed by atoms with Crippen LogP contribution in [0.4, 0.5) is 26.3 Å². The monoisotopic (exact) mass is 792 g/mol. The highest BCUT2D eigenvalue weighted by molar-refractivity contribution is 7.25. The van der Waals surface area contributed by atoms with E-state index in [-0.39, 0.29) is 27.6 Å². The summed E-state index contributed by atoms with van der Waals surface area (Å²) in [5, 5.41) is 2.32. The predicted octanol–water partition coefficient (Wildman–Crippen LogP) is 14.0. The van der Waals surface area contributed by atoms with Gasteiger partial charge in [0.25, 0.3) is 0 Å². The van der Waals surface area contributed by atoms with E-state index in [0.717, 1.165) is 66.7 Å². The number of rotatable bonds is 5. The third-order valence-electron chi connectivity index (χ3n) is 10.3.